The van der Waals surface area contributed by atoms with Crippen molar-refractivity contribution in [3.05, 3.63) is 67.6 Å². The van der Waals surface area contributed by atoms with Gasteiger partial charge in [-0.1, -0.05) is 17.7 Å². The van der Waals surface area contributed by atoms with E-state index in [1.807, 2.05) is 32.0 Å². The number of Topliss-reactive ketones (excluding diaryl/α,β-unsaturated/α-hetero) is 1. The first-order valence-electron chi connectivity index (χ1n) is 9.09. The number of pyridine rings is 1. The van der Waals surface area contributed by atoms with Crippen molar-refractivity contribution in [2.45, 2.75) is 53.6 Å². The Balaban J connectivity index is 2.07. The number of benzene rings is 1. The van der Waals surface area contributed by atoms with Gasteiger partial charge in [0.2, 0.25) is 5.78 Å². The maximum absolute atomic E-state index is 12.6. The minimum absolute atomic E-state index is 0.0447. The van der Waals surface area contributed by atoms with Gasteiger partial charge >= 0.3 is 5.97 Å². The fourth-order valence-electron chi connectivity index (χ4n) is 3.18. The summed E-state index contributed by atoms with van der Waals surface area (Å²) in [6.45, 7) is 8.72. The molecule has 0 unspecified atom stereocenters. The molecule has 0 aliphatic heterocycles. The van der Waals surface area contributed by atoms with Gasteiger partial charge in [-0.3, -0.25) is 14.4 Å². The molecule has 0 aliphatic rings. The number of carbonyl (C=O) groups is 2. The van der Waals surface area contributed by atoms with Crippen LogP contribution in [0.15, 0.2) is 23.0 Å². The lowest BCUT2D eigenvalue weighted by Crippen LogP contribution is -2.25. The molecular weight excluding hydrogens is 356 g/mol. The van der Waals surface area contributed by atoms with E-state index in [2.05, 4.69) is 4.98 Å². The predicted molar refractivity (Wildman–Crippen MR) is 105 cm³/mol. The summed E-state index contributed by atoms with van der Waals surface area (Å²) in [4.78, 5) is 39.3. The van der Waals surface area contributed by atoms with Crippen molar-refractivity contribution in [2.75, 3.05) is 0 Å². The molecule has 1 atom stereocenters. The highest BCUT2D eigenvalue weighted by Crippen LogP contribution is 2.17. The minimum atomic E-state index is -0.888. The Morgan fingerprint density at radius 2 is 1.89 bits per heavy atom. The molecule has 1 N–H and O–H groups in total. The van der Waals surface area contributed by atoms with E-state index < -0.39 is 17.6 Å². The van der Waals surface area contributed by atoms with Crippen molar-refractivity contribution in [1.82, 2.24) is 4.98 Å². The van der Waals surface area contributed by atoms with Crippen LogP contribution in [0.5, 0.6) is 0 Å². The standard InChI is InChI=1S/C22H24N2O4/c1-12-6-7-13(2)18(10-12)21(26)16(5)28-20(25)9-8-17-14(3)19(11-23)22(27)24-15(17)4/h6-7,10,16H,8-9H2,1-5H3,(H,24,27)/t16-/m1/s1. The monoisotopic (exact) mass is 380 g/mol. The average Bonchev–Trinajstić information content (AvgIpc) is 2.62. The van der Waals surface area contributed by atoms with Crippen LogP contribution in [0.4, 0.5) is 0 Å². The molecule has 6 heteroatoms. The third-order valence-electron chi connectivity index (χ3n) is 4.84. The summed E-state index contributed by atoms with van der Waals surface area (Å²) in [5, 5.41) is 9.12. The Morgan fingerprint density at radius 1 is 1.21 bits per heavy atom. The average molecular weight is 380 g/mol. The molecule has 0 radical (unpaired) electrons. The molecule has 0 spiro atoms. The molecule has 0 saturated carbocycles. The van der Waals surface area contributed by atoms with Gasteiger partial charge in [0.1, 0.15) is 11.6 Å². The summed E-state index contributed by atoms with van der Waals surface area (Å²) in [5.74, 6) is -0.743. The lowest BCUT2D eigenvalue weighted by molar-refractivity contribution is -0.146. The molecule has 2 aromatic rings. The lowest BCUT2D eigenvalue weighted by Gasteiger charge is -2.15. The Labute approximate surface area is 164 Å². The highest BCUT2D eigenvalue weighted by atomic mass is 16.5. The van der Waals surface area contributed by atoms with Gasteiger partial charge in [-0.25, -0.2) is 0 Å². The molecule has 0 bridgehead atoms. The number of H-pyrrole nitrogens is 1. The molecule has 0 saturated heterocycles. The fraction of sp³-hybridized carbons (Fsp3) is 0.364. The molecule has 0 amide bonds. The zero-order valence-corrected chi connectivity index (χ0v) is 16.8. The number of ether oxygens (including phenoxy) is 1. The number of carbonyl (C=O) groups excluding carboxylic acids is 2. The second-order valence-corrected chi connectivity index (χ2v) is 6.98. The van der Waals surface area contributed by atoms with E-state index in [-0.39, 0.29) is 17.8 Å². The van der Waals surface area contributed by atoms with Crippen LogP contribution in [0.25, 0.3) is 0 Å². The Hall–Kier alpha value is -3.20. The predicted octanol–water partition coefficient (Wildman–Crippen LogP) is 3.23. The number of rotatable bonds is 6. The van der Waals surface area contributed by atoms with Crippen LogP contribution in [-0.2, 0) is 16.0 Å². The third-order valence-corrected chi connectivity index (χ3v) is 4.84. The first-order valence-corrected chi connectivity index (χ1v) is 9.09. The van der Waals surface area contributed by atoms with Crippen LogP contribution in [0.3, 0.4) is 0 Å². The van der Waals surface area contributed by atoms with E-state index in [4.69, 9.17) is 10.00 Å². The maximum Gasteiger partial charge on any atom is 0.306 e. The van der Waals surface area contributed by atoms with Gasteiger partial charge in [-0.05, 0) is 63.8 Å². The molecule has 2 rings (SSSR count). The molecule has 28 heavy (non-hydrogen) atoms. The van der Waals surface area contributed by atoms with Crippen molar-refractivity contribution < 1.29 is 14.3 Å². The molecule has 1 aromatic carbocycles. The number of aromatic nitrogens is 1. The van der Waals surface area contributed by atoms with Crippen molar-refractivity contribution >= 4 is 11.8 Å². The van der Waals surface area contributed by atoms with Crippen molar-refractivity contribution in [3.63, 3.8) is 0 Å². The van der Waals surface area contributed by atoms with Crippen LogP contribution >= 0.6 is 0 Å². The summed E-state index contributed by atoms with van der Waals surface area (Å²) >= 11 is 0. The number of hydrogen-bond acceptors (Lipinski definition) is 5. The zero-order valence-electron chi connectivity index (χ0n) is 16.8. The number of hydrogen-bond donors (Lipinski definition) is 1. The number of nitrogens with zero attached hydrogens (tertiary/aromatic N) is 1. The summed E-state index contributed by atoms with van der Waals surface area (Å²) in [7, 11) is 0. The van der Waals surface area contributed by atoms with Gasteiger partial charge in [-0.15, -0.1) is 0 Å². The molecule has 146 valence electrons. The van der Waals surface area contributed by atoms with Crippen molar-refractivity contribution in [3.8, 4) is 6.07 Å². The summed E-state index contributed by atoms with van der Waals surface area (Å²) in [6.07, 6.45) is -0.532. The van der Waals surface area contributed by atoms with Gasteiger partial charge in [0, 0.05) is 17.7 Å². The number of nitrogens with one attached hydrogen (secondary N) is 1. The van der Waals surface area contributed by atoms with E-state index >= 15 is 0 Å². The Kier molecular flexibility index (Phi) is 6.53. The van der Waals surface area contributed by atoms with E-state index in [0.29, 0.717) is 23.2 Å². The van der Waals surface area contributed by atoms with Gasteiger partial charge in [0.25, 0.3) is 5.56 Å². The molecule has 1 aromatic heterocycles. The van der Waals surface area contributed by atoms with Gasteiger partial charge < -0.3 is 9.72 Å². The number of ketones is 1. The van der Waals surface area contributed by atoms with Crippen molar-refractivity contribution in [2.24, 2.45) is 0 Å². The van der Waals surface area contributed by atoms with Gasteiger partial charge in [0.05, 0.1) is 0 Å². The summed E-state index contributed by atoms with van der Waals surface area (Å²) < 4.78 is 5.32. The number of aromatic amines is 1. The Bertz CT molecular complexity index is 1030. The van der Waals surface area contributed by atoms with E-state index in [1.54, 1.807) is 26.8 Å². The molecule has 0 fully saturated rings. The fourth-order valence-corrected chi connectivity index (χ4v) is 3.18. The van der Waals surface area contributed by atoms with Crippen LogP contribution in [0.2, 0.25) is 0 Å². The number of nitriles is 1. The van der Waals surface area contributed by atoms with Crippen molar-refractivity contribution in [1.29, 1.82) is 5.26 Å². The zero-order chi connectivity index (χ0) is 21.0. The van der Waals surface area contributed by atoms with Crippen LogP contribution < -0.4 is 5.56 Å². The second kappa shape index (κ2) is 8.66. The SMILES string of the molecule is Cc1ccc(C)c(C(=O)[C@@H](C)OC(=O)CCc2c(C)[nH]c(=O)c(C#N)c2C)c1. The van der Waals surface area contributed by atoms with E-state index in [9.17, 15) is 14.4 Å². The summed E-state index contributed by atoms with van der Waals surface area (Å²) in [6, 6.07) is 7.47. The van der Waals surface area contributed by atoms with E-state index in [1.165, 1.54) is 0 Å². The molecule has 1 heterocycles. The molecule has 0 aliphatic carbocycles. The highest BCUT2D eigenvalue weighted by Gasteiger charge is 2.21. The number of aryl methyl sites for hydroxylation is 3. The topological polar surface area (TPSA) is 100 Å². The van der Waals surface area contributed by atoms with Crippen LogP contribution in [0.1, 0.15) is 57.2 Å². The second-order valence-electron chi connectivity index (χ2n) is 6.98. The largest absolute Gasteiger partial charge is 0.454 e. The molecular formula is C22H24N2O4. The van der Waals surface area contributed by atoms with Crippen LogP contribution in [-0.4, -0.2) is 22.8 Å². The van der Waals surface area contributed by atoms with Gasteiger partial charge in [-0.2, -0.15) is 5.26 Å². The highest BCUT2D eigenvalue weighted by molar-refractivity contribution is 6.01. The lowest BCUT2D eigenvalue weighted by atomic mass is 9.98. The minimum Gasteiger partial charge on any atom is -0.454 e. The first-order chi connectivity index (χ1) is 13.1. The molecule has 6 nitrogen and oxygen atoms in total. The smallest absolute Gasteiger partial charge is 0.306 e. The third kappa shape index (κ3) is 4.55. The van der Waals surface area contributed by atoms with Gasteiger partial charge in [0.15, 0.2) is 6.10 Å². The van der Waals surface area contributed by atoms with E-state index in [0.717, 1.165) is 16.7 Å². The first kappa shape index (κ1) is 21.1. The Morgan fingerprint density at radius 3 is 2.54 bits per heavy atom. The summed E-state index contributed by atoms with van der Waals surface area (Å²) in [5.41, 5.74) is 3.88. The quantitative estimate of drug-likeness (QED) is 0.612. The normalized spacial score (nSPS) is 11.6. The van der Waals surface area contributed by atoms with Crippen LogP contribution in [0, 0.1) is 39.0 Å². The maximum atomic E-state index is 12.6. The number of esters is 1.